The molecule has 5 N–H and O–H groups in total. The lowest BCUT2D eigenvalue weighted by Gasteiger charge is -2.15. The Labute approximate surface area is 140 Å². The Morgan fingerprint density at radius 3 is 2.78 bits per heavy atom. The minimum atomic E-state index is -0.502. The summed E-state index contributed by atoms with van der Waals surface area (Å²) in [5.74, 6) is -0.0348. The number of carbonyl (C=O) groups excluding carboxylic acids is 1. The maximum Gasteiger partial charge on any atom is 0.326 e. The van der Waals surface area contributed by atoms with Gasteiger partial charge in [-0.3, -0.25) is 10.7 Å². The van der Waals surface area contributed by atoms with Crippen molar-refractivity contribution in [2.75, 3.05) is 18.4 Å². The number of anilines is 1. The van der Waals surface area contributed by atoms with E-state index in [0.29, 0.717) is 10.7 Å². The lowest BCUT2D eigenvalue weighted by molar-refractivity contribution is 0.256. The van der Waals surface area contributed by atoms with E-state index in [0.717, 1.165) is 37.9 Å². The van der Waals surface area contributed by atoms with Gasteiger partial charge >= 0.3 is 6.03 Å². The lowest BCUT2D eigenvalue weighted by Crippen LogP contribution is -2.41. The number of amides is 2. The van der Waals surface area contributed by atoms with Crippen molar-refractivity contribution in [2.24, 2.45) is 10.7 Å². The number of benzene rings is 1. The molecular weight excluding hydrogens is 316 g/mol. The second kappa shape index (κ2) is 7.82. The Balaban J connectivity index is 1.94. The third kappa shape index (κ3) is 4.85. The van der Waals surface area contributed by atoms with Crippen molar-refractivity contribution in [2.45, 2.75) is 26.2 Å². The normalized spacial score (nSPS) is 14.7. The number of nitrogens with two attached hydrogens (primary N) is 1. The van der Waals surface area contributed by atoms with Crippen LogP contribution >= 0.6 is 11.6 Å². The number of halogens is 1. The molecule has 124 valence electrons. The molecule has 0 saturated carbocycles. The predicted molar refractivity (Wildman–Crippen MR) is 93.1 cm³/mol. The van der Waals surface area contributed by atoms with Gasteiger partial charge in [-0.15, -0.1) is 0 Å². The monoisotopic (exact) mass is 336 g/mol. The van der Waals surface area contributed by atoms with Gasteiger partial charge in [0.2, 0.25) is 11.9 Å². The zero-order chi connectivity index (χ0) is 16.8. The zero-order valence-electron chi connectivity index (χ0n) is 13.0. The van der Waals surface area contributed by atoms with Crippen LogP contribution in [0.4, 0.5) is 10.5 Å². The molecular formula is C15H21ClN6O. The Kier molecular flexibility index (Phi) is 5.81. The average Bonchev–Trinajstić information content (AvgIpc) is 3.03. The van der Waals surface area contributed by atoms with Gasteiger partial charge < -0.3 is 16.0 Å². The Morgan fingerprint density at radius 1 is 1.43 bits per heavy atom. The molecule has 1 aliphatic rings. The highest BCUT2D eigenvalue weighted by Crippen LogP contribution is 2.21. The van der Waals surface area contributed by atoms with E-state index in [-0.39, 0.29) is 11.9 Å². The minimum Gasteiger partial charge on any atom is -0.369 e. The molecule has 0 aliphatic carbocycles. The summed E-state index contributed by atoms with van der Waals surface area (Å²) in [5.41, 5.74) is 7.27. The maximum atomic E-state index is 12.0. The fourth-order valence-electron chi connectivity index (χ4n) is 2.39. The third-order valence-corrected chi connectivity index (χ3v) is 3.81. The molecule has 23 heavy (non-hydrogen) atoms. The summed E-state index contributed by atoms with van der Waals surface area (Å²) >= 11 is 5.94. The number of guanidine groups is 2. The zero-order valence-corrected chi connectivity index (χ0v) is 13.8. The van der Waals surface area contributed by atoms with Crippen LogP contribution in [0.15, 0.2) is 23.2 Å². The quantitative estimate of drug-likeness (QED) is 0.492. The van der Waals surface area contributed by atoms with E-state index < -0.39 is 6.03 Å². The molecule has 0 atom stereocenters. The molecule has 1 aromatic rings. The Bertz CT molecular complexity index is 624. The summed E-state index contributed by atoms with van der Waals surface area (Å²) in [4.78, 5) is 17.7. The van der Waals surface area contributed by atoms with Gasteiger partial charge in [0.1, 0.15) is 0 Å². The fourth-order valence-corrected chi connectivity index (χ4v) is 2.58. The Hall–Kier alpha value is -2.28. The van der Waals surface area contributed by atoms with Crippen molar-refractivity contribution in [3.05, 3.63) is 28.8 Å². The number of carbonyl (C=O) groups is 1. The predicted octanol–water partition coefficient (Wildman–Crippen LogP) is 2.37. The van der Waals surface area contributed by atoms with Gasteiger partial charge in [-0.2, -0.15) is 4.99 Å². The summed E-state index contributed by atoms with van der Waals surface area (Å²) < 4.78 is 0. The van der Waals surface area contributed by atoms with E-state index in [1.54, 1.807) is 18.2 Å². The highest BCUT2D eigenvalue weighted by atomic mass is 35.5. The fraction of sp³-hybridized carbons (Fsp3) is 0.400. The van der Waals surface area contributed by atoms with E-state index in [4.69, 9.17) is 22.7 Å². The second-order valence-corrected chi connectivity index (χ2v) is 5.69. The summed E-state index contributed by atoms with van der Waals surface area (Å²) in [5, 5.41) is 13.6. The van der Waals surface area contributed by atoms with Gasteiger partial charge in [0.05, 0.1) is 0 Å². The number of likely N-dealkylation sites (tertiary alicyclic amines) is 1. The largest absolute Gasteiger partial charge is 0.369 e. The molecule has 0 spiro atoms. The van der Waals surface area contributed by atoms with E-state index in [1.807, 2.05) is 11.8 Å². The SMILES string of the molecule is CCc1cc(Cl)ccc1NC(=O)N/C(N)=N/C(=N)N1CCCC1. The van der Waals surface area contributed by atoms with Crippen molar-refractivity contribution >= 4 is 35.2 Å². The summed E-state index contributed by atoms with van der Waals surface area (Å²) in [6.07, 6.45) is 2.82. The highest BCUT2D eigenvalue weighted by Gasteiger charge is 2.15. The third-order valence-electron chi connectivity index (χ3n) is 3.57. The minimum absolute atomic E-state index is 0.0704. The van der Waals surface area contributed by atoms with Crippen molar-refractivity contribution in [3.8, 4) is 0 Å². The van der Waals surface area contributed by atoms with Gasteiger partial charge in [0.25, 0.3) is 0 Å². The second-order valence-electron chi connectivity index (χ2n) is 5.25. The number of rotatable bonds is 2. The molecule has 2 amide bonds. The van der Waals surface area contributed by atoms with Crippen LogP contribution in [0.5, 0.6) is 0 Å². The molecule has 8 heteroatoms. The van der Waals surface area contributed by atoms with Crippen LogP contribution in [0.25, 0.3) is 0 Å². The molecule has 1 fully saturated rings. The molecule has 1 saturated heterocycles. The van der Waals surface area contributed by atoms with Gasteiger partial charge in [-0.1, -0.05) is 18.5 Å². The Morgan fingerprint density at radius 2 is 2.13 bits per heavy atom. The van der Waals surface area contributed by atoms with Crippen molar-refractivity contribution in [1.82, 2.24) is 10.2 Å². The number of nitrogens with zero attached hydrogens (tertiary/aromatic N) is 2. The number of aliphatic imine (C=N–C) groups is 1. The molecule has 7 nitrogen and oxygen atoms in total. The van der Waals surface area contributed by atoms with Gasteiger partial charge in [0.15, 0.2) is 0 Å². The maximum absolute atomic E-state index is 12.0. The van der Waals surface area contributed by atoms with E-state index in [1.165, 1.54) is 0 Å². The average molecular weight is 337 g/mol. The smallest absolute Gasteiger partial charge is 0.326 e. The molecule has 1 heterocycles. The van der Waals surface area contributed by atoms with E-state index in [2.05, 4.69) is 15.6 Å². The number of nitrogens with one attached hydrogen (secondary N) is 3. The molecule has 0 aromatic heterocycles. The molecule has 0 radical (unpaired) electrons. The van der Waals surface area contributed by atoms with Gasteiger partial charge in [-0.25, -0.2) is 4.79 Å². The highest BCUT2D eigenvalue weighted by molar-refractivity contribution is 6.30. The first-order chi connectivity index (χ1) is 11.0. The van der Waals surface area contributed by atoms with Crippen LogP contribution in [0.1, 0.15) is 25.3 Å². The topological polar surface area (TPSA) is 107 Å². The van der Waals surface area contributed by atoms with Gasteiger partial charge in [0, 0.05) is 23.8 Å². The molecule has 0 unspecified atom stereocenters. The molecule has 2 rings (SSSR count). The van der Waals surface area contributed by atoms with Crippen LogP contribution in [-0.4, -0.2) is 35.9 Å². The summed E-state index contributed by atoms with van der Waals surface area (Å²) in [6, 6.07) is 4.74. The van der Waals surface area contributed by atoms with Crippen LogP contribution < -0.4 is 16.4 Å². The standard InChI is InChI=1S/C15H21ClN6O/c1-2-10-9-11(16)5-6-12(10)19-15(23)21-13(17)20-14(18)22-7-3-4-8-22/h5-6,9H,2-4,7-8H2,1H3,(H5,17,18,19,20,21,23). The number of aryl methyl sites for hydroxylation is 1. The van der Waals surface area contributed by atoms with E-state index >= 15 is 0 Å². The summed E-state index contributed by atoms with van der Waals surface area (Å²) in [6.45, 7) is 3.57. The molecule has 0 bridgehead atoms. The summed E-state index contributed by atoms with van der Waals surface area (Å²) in [7, 11) is 0. The van der Waals surface area contributed by atoms with E-state index in [9.17, 15) is 4.79 Å². The van der Waals surface area contributed by atoms with Crippen LogP contribution in [0, 0.1) is 5.41 Å². The molecule has 1 aromatic carbocycles. The number of hydrogen-bond acceptors (Lipinski definition) is 2. The van der Waals surface area contributed by atoms with Crippen LogP contribution in [0.3, 0.4) is 0 Å². The molecule has 1 aliphatic heterocycles. The lowest BCUT2D eigenvalue weighted by atomic mass is 10.1. The number of urea groups is 1. The first kappa shape index (κ1) is 17.1. The first-order valence-electron chi connectivity index (χ1n) is 7.53. The van der Waals surface area contributed by atoms with Crippen LogP contribution in [-0.2, 0) is 6.42 Å². The van der Waals surface area contributed by atoms with Gasteiger partial charge in [-0.05, 0) is 43.0 Å². The first-order valence-corrected chi connectivity index (χ1v) is 7.91. The van der Waals surface area contributed by atoms with Crippen molar-refractivity contribution in [1.29, 1.82) is 5.41 Å². The van der Waals surface area contributed by atoms with Crippen molar-refractivity contribution < 1.29 is 4.79 Å². The van der Waals surface area contributed by atoms with Crippen LogP contribution in [0.2, 0.25) is 5.02 Å². The van der Waals surface area contributed by atoms with Crippen molar-refractivity contribution in [3.63, 3.8) is 0 Å². The number of hydrogen-bond donors (Lipinski definition) is 4.